The number of nitrogens with zero attached hydrogens (tertiary/aromatic N) is 5. The van der Waals surface area contributed by atoms with Gasteiger partial charge in [-0.3, -0.25) is 9.59 Å². The highest BCUT2D eigenvalue weighted by molar-refractivity contribution is 6.07. The Balaban J connectivity index is 1.57. The van der Waals surface area contributed by atoms with Crippen molar-refractivity contribution in [2.45, 2.75) is 45.2 Å². The van der Waals surface area contributed by atoms with E-state index in [-0.39, 0.29) is 35.6 Å². The molecular weight excluding hydrogens is 589 g/mol. The quantitative estimate of drug-likeness (QED) is 0.410. The molecule has 0 spiro atoms. The molecule has 3 atom stereocenters. The van der Waals surface area contributed by atoms with E-state index in [0.717, 1.165) is 6.07 Å². The van der Waals surface area contributed by atoms with Gasteiger partial charge in [-0.1, -0.05) is 0 Å². The average molecular weight is 622 g/mol. The summed E-state index contributed by atoms with van der Waals surface area (Å²) in [6.07, 6.45) is -2.08. The Kier molecular flexibility index (Phi) is 8.62. The molecule has 10 nitrogen and oxygen atoms in total. The summed E-state index contributed by atoms with van der Waals surface area (Å²) in [5.41, 5.74) is -4.63. The van der Waals surface area contributed by atoms with Crippen molar-refractivity contribution in [3.8, 4) is 11.1 Å². The number of hydrogen-bond acceptors (Lipinski definition) is 8. The lowest BCUT2D eigenvalue weighted by molar-refractivity contribution is -0.138. The lowest BCUT2D eigenvalue weighted by Gasteiger charge is -2.39. The maximum absolute atomic E-state index is 16.4. The van der Waals surface area contributed by atoms with Crippen molar-refractivity contribution in [3.05, 3.63) is 63.8 Å². The summed E-state index contributed by atoms with van der Waals surface area (Å²) in [6.45, 7) is 7.97. The molecule has 0 aliphatic carbocycles. The first-order valence-corrected chi connectivity index (χ1v) is 14.0. The van der Waals surface area contributed by atoms with Gasteiger partial charge >= 0.3 is 6.18 Å². The number of carbonyl (C=O) groups excluding carboxylic acids is 1. The first-order valence-electron chi connectivity index (χ1n) is 14.0. The summed E-state index contributed by atoms with van der Waals surface area (Å²) >= 11 is 0. The van der Waals surface area contributed by atoms with Crippen molar-refractivity contribution < 1.29 is 31.5 Å². The number of morpholine rings is 1. The lowest BCUT2D eigenvalue weighted by atomic mass is 10.0. The molecule has 5 rings (SSSR count). The number of aromatic nitrogens is 3. The monoisotopic (exact) mass is 621 g/mol. The van der Waals surface area contributed by atoms with Gasteiger partial charge in [0.15, 0.2) is 5.82 Å². The van der Waals surface area contributed by atoms with Gasteiger partial charge < -0.3 is 29.7 Å². The van der Waals surface area contributed by atoms with Crippen LogP contribution in [-0.2, 0) is 10.9 Å². The molecule has 1 amide bonds. The van der Waals surface area contributed by atoms with Gasteiger partial charge in [0.05, 0.1) is 34.6 Å². The van der Waals surface area contributed by atoms with Crippen LogP contribution in [0.5, 0.6) is 0 Å². The second-order valence-corrected chi connectivity index (χ2v) is 11.2. The van der Waals surface area contributed by atoms with Gasteiger partial charge in [0.25, 0.3) is 5.91 Å². The second kappa shape index (κ2) is 12.1. The van der Waals surface area contributed by atoms with E-state index in [9.17, 15) is 22.8 Å². The fourth-order valence-corrected chi connectivity index (χ4v) is 5.54. The van der Waals surface area contributed by atoms with Gasteiger partial charge in [-0.05, 0) is 27.8 Å². The van der Waals surface area contributed by atoms with Gasteiger partial charge in [0.1, 0.15) is 11.5 Å². The first-order chi connectivity index (χ1) is 20.7. The molecule has 2 aliphatic rings. The number of ether oxygens (including phenoxy) is 1. The molecule has 4 heterocycles. The summed E-state index contributed by atoms with van der Waals surface area (Å²) in [5.74, 6) is -3.17. The van der Waals surface area contributed by atoms with Crippen molar-refractivity contribution in [2.75, 3.05) is 54.9 Å². The van der Waals surface area contributed by atoms with Crippen LogP contribution in [0.25, 0.3) is 11.1 Å². The van der Waals surface area contributed by atoms with Crippen molar-refractivity contribution in [1.82, 2.24) is 19.9 Å². The van der Waals surface area contributed by atoms with E-state index in [1.165, 1.54) is 12.4 Å². The highest BCUT2D eigenvalue weighted by Gasteiger charge is 2.37. The summed E-state index contributed by atoms with van der Waals surface area (Å²) < 4.78 is 79.0. The number of anilines is 3. The Morgan fingerprint density at radius 1 is 1.02 bits per heavy atom. The van der Waals surface area contributed by atoms with Crippen molar-refractivity contribution in [3.63, 3.8) is 0 Å². The molecule has 0 bridgehead atoms. The van der Waals surface area contributed by atoms with Crippen LogP contribution in [0, 0.1) is 11.6 Å². The van der Waals surface area contributed by atoms with Crippen LogP contribution in [0.2, 0.25) is 0 Å². The number of H-pyrrole nitrogens is 1. The smallest absolute Gasteiger partial charge is 0.372 e. The van der Waals surface area contributed by atoms with E-state index in [1.807, 2.05) is 37.6 Å². The van der Waals surface area contributed by atoms with Crippen LogP contribution >= 0.6 is 0 Å². The van der Waals surface area contributed by atoms with Gasteiger partial charge in [-0.25, -0.2) is 18.7 Å². The number of carbonyl (C=O) groups is 1. The van der Waals surface area contributed by atoms with Crippen molar-refractivity contribution >= 4 is 23.2 Å². The number of amides is 1. The van der Waals surface area contributed by atoms with Crippen molar-refractivity contribution in [1.29, 1.82) is 0 Å². The van der Waals surface area contributed by atoms with E-state index >= 15 is 8.78 Å². The number of piperazine rings is 1. The summed E-state index contributed by atoms with van der Waals surface area (Å²) in [7, 11) is 1.89. The van der Waals surface area contributed by atoms with Crippen molar-refractivity contribution in [2.24, 2.45) is 0 Å². The fourth-order valence-electron chi connectivity index (χ4n) is 5.54. The third kappa shape index (κ3) is 6.38. The second-order valence-electron chi connectivity index (χ2n) is 11.2. The maximum Gasteiger partial charge on any atom is 0.417 e. The number of benzene rings is 1. The van der Waals surface area contributed by atoms with E-state index in [2.05, 4.69) is 20.3 Å². The Morgan fingerprint density at radius 2 is 1.68 bits per heavy atom. The van der Waals surface area contributed by atoms with Gasteiger partial charge in [0, 0.05) is 75.1 Å². The van der Waals surface area contributed by atoms with Crippen LogP contribution in [0.4, 0.5) is 39.3 Å². The molecule has 0 saturated carbocycles. The summed E-state index contributed by atoms with van der Waals surface area (Å²) in [5, 5.41) is 2.24. The summed E-state index contributed by atoms with van der Waals surface area (Å²) in [6, 6.07) is 1.27. The zero-order valence-electron chi connectivity index (χ0n) is 24.5. The molecule has 0 radical (unpaired) electrons. The molecule has 2 fully saturated rings. The fraction of sp³-hybridized carbons (Fsp3) is 0.448. The topological polar surface area (TPSA) is 107 Å². The van der Waals surface area contributed by atoms with E-state index < -0.39 is 51.7 Å². The van der Waals surface area contributed by atoms with E-state index in [0.29, 0.717) is 44.9 Å². The third-order valence-corrected chi connectivity index (χ3v) is 7.84. The average Bonchev–Trinajstić information content (AvgIpc) is 2.95. The lowest BCUT2D eigenvalue weighted by Crippen LogP contribution is -2.50. The minimum atomic E-state index is -5.04. The predicted octanol–water partition coefficient (Wildman–Crippen LogP) is 4.14. The number of pyridine rings is 1. The Labute approximate surface area is 249 Å². The molecule has 3 unspecified atom stereocenters. The number of hydrogen-bond donors (Lipinski definition) is 2. The molecule has 44 heavy (non-hydrogen) atoms. The molecule has 2 aliphatic heterocycles. The first kappa shape index (κ1) is 31.3. The van der Waals surface area contributed by atoms with Crippen LogP contribution in [0.1, 0.15) is 36.7 Å². The number of aromatic amines is 1. The number of alkyl halides is 3. The number of likely N-dealkylation sites (N-methyl/N-ethyl adjacent to an activating group) is 1. The normalized spacial score (nSPS) is 21.4. The number of rotatable bonds is 5. The highest BCUT2D eigenvalue weighted by atomic mass is 19.4. The zero-order chi connectivity index (χ0) is 31.9. The third-order valence-electron chi connectivity index (χ3n) is 7.84. The molecule has 1 aromatic carbocycles. The highest BCUT2D eigenvalue weighted by Crippen LogP contribution is 2.39. The van der Waals surface area contributed by atoms with Crippen LogP contribution in [-0.4, -0.2) is 83.8 Å². The van der Waals surface area contributed by atoms with Gasteiger partial charge in [0.2, 0.25) is 11.5 Å². The molecule has 2 aromatic heterocycles. The van der Waals surface area contributed by atoms with Crippen LogP contribution in [0.3, 0.4) is 0 Å². The number of halogens is 5. The van der Waals surface area contributed by atoms with Crippen LogP contribution < -0.4 is 20.7 Å². The Morgan fingerprint density at radius 3 is 2.30 bits per heavy atom. The van der Waals surface area contributed by atoms with Gasteiger partial charge in [-0.15, -0.1) is 0 Å². The molecular formula is C29H32F5N7O3. The Bertz CT molecular complexity index is 1590. The maximum atomic E-state index is 16.4. The molecule has 2 N–H and O–H groups in total. The SMILES string of the molecule is CC1CN(c2ncc(-c3c(F)cc(N4CCN(C)C(C)C4)c(NC(=O)c4c[nH]c(=O)cc4C(F)(F)F)c3F)cn2)CC(C)O1. The molecule has 15 heteroatoms. The van der Waals surface area contributed by atoms with E-state index in [1.54, 1.807) is 4.90 Å². The minimum Gasteiger partial charge on any atom is -0.372 e. The van der Waals surface area contributed by atoms with Gasteiger partial charge in [-0.2, -0.15) is 13.2 Å². The number of nitrogens with one attached hydrogen (secondary N) is 2. The standard InChI is InChI=1S/C29H32F5N7O3/c1-15-12-40(6-5-39(15)4)22-8-21(30)24(18-9-36-28(37-10-18)41-13-16(2)44-17(3)14-41)25(31)26(22)38-27(43)19-11-35-23(42)7-20(19)29(32,33)34/h7-11,15-17H,5-6,12-14H2,1-4H3,(H,35,42)(H,38,43). The zero-order valence-corrected chi connectivity index (χ0v) is 24.5. The minimum absolute atomic E-state index is 0.0271. The molecule has 2 saturated heterocycles. The Hall–Kier alpha value is -4.11. The molecule has 3 aromatic rings. The van der Waals surface area contributed by atoms with E-state index in [4.69, 9.17) is 4.74 Å². The predicted molar refractivity (Wildman–Crippen MR) is 154 cm³/mol. The van der Waals surface area contributed by atoms with Crippen LogP contribution in [0.15, 0.2) is 35.5 Å². The largest absolute Gasteiger partial charge is 0.417 e. The summed E-state index contributed by atoms with van der Waals surface area (Å²) in [4.78, 5) is 41.1. The molecule has 236 valence electrons.